The molecular formula is C12H14NO4-. The molecule has 1 rings (SSSR count). The standard InChI is InChI=1S/C12H15NO4/c1-12(2,10(14)15)13-11(16)17-8-9-6-4-3-5-7-9/h3-7H,8H2,1-2H3,(H,13,16)(H,14,15)/p-1. The van der Waals surface area contributed by atoms with Crippen LogP contribution in [0.5, 0.6) is 0 Å². The van der Waals surface area contributed by atoms with E-state index in [1.807, 2.05) is 18.2 Å². The normalized spacial score (nSPS) is 10.7. The summed E-state index contributed by atoms with van der Waals surface area (Å²) in [5.41, 5.74) is -0.623. The number of carboxylic acid groups (broad SMARTS) is 1. The third-order valence-electron chi connectivity index (χ3n) is 2.14. The first-order chi connectivity index (χ1) is 7.92. The van der Waals surface area contributed by atoms with Gasteiger partial charge in [-0.15, -0.1) is 0 Å². The van der Waals surface area contributed by atoms with Crippen molar-refractivity contribution in [3.05, 3.63) is 35.9 Å². The van der Waals surface area contributed by atoms with Gasteiger partial charge in [0.2, 0.25) is 0 Å². The van der Waals surface area contributed by atoms with Gasteiger partial charge in [-0.1, -0.05) is 30.3 Å². The van der Waals surface area contributed by atoms with Crippen LogP contribution in [0.25, 0.3) is 0 Å². The van der Waals surface area contributed by atoms with Gasteiger partial charge >= 0.3 is 6.09 Å². The number of carbonyl (C=O) groups is 2. The highest BCUT2D eigenvalue weighted by Crippen LogP contribution is 2.03. The van der Waals surface area contributed by atoms with Gasteiger partial charge < -0.3 is 20.0 Å². The van der Waals surface area contributed by atoms with E-state index in [0.29, 0.717) is 0 Å². The van der Waals surface area contributed by atoms with Crippen LogP contribution in [-0.4, -0.2) is 17.6 Å². The van der Waals surface area contributed by atoms with Crippen LogP contribution >= 0.6 is 0 Å². The van der Waals surface area contributed by atoms with Crippen molar-refractivity contribution >= 4 is 12.1 Å². The topological polar surface area (TPSA) is 78.5 Å². The maximum Gasteiger partial charge on any atom is 0.408 e. The molecular weight excluding hydrogens is 222 g/mol. The van der Waals surface area contributed by atoms with Crippen LogP contribution in [0.15, 0.2) is 30.3 Å². The average molecular weight is 236 g/mol. The van der Waals surface area contributed by atoms with Crippen LogP contribution in [0.1, 0.15) is 19.4 Å². The number of nitrogens with one attached hydrogen (secondary N) is 1. The molecule has 92 valence electrons. The molecule has 0 saturated heterocycles. The van der Waals surface area contributed by atoms with Crippen molar-refractivity contribution in [3.8, 4) is 0 Å². The summed E-state index contributed by atoms with van der Waals surface area (Å²) in [6.07, 6.45) is -0.789. The van der Waals surface area contributed by atoms with Crippen molar-refractivity contribution in [3.63, 3.8) is 0 Å². The van der Waals surface area contributed by atoms with Gasteiger partial charge in [-0.2, -0.15) is 0 Å². The quantitative estimate of drug-likeness (QED) is 0.822. The molecule has 1 aromatic carbocycles. The van der Waals surface area contributed by atoms with Crippen molar-refractivity contribution in [1.82, 2.24) is 5.32 Å². The van der Waals surface area contributed by atoms with E-state index in [-0.39, 0.29) is 6.61 Å². The third-order valence-corrected chi connectivity index (χ3v) is 2.14. The fourth-order valence-corrected chi connectivity index (χ4v) is 1.07. The highest BCUT2D eigenvalue weighted by atomic mass is 16.5. The summed E-state index contributed by atoms with van der Waals surface area (Å²) in [7, 11) is 0. The molecule has 1 N–H and O–H groups in total. The largest absolute Gasteiger partial charge is 0.548 e. The number of amides is 1. The lowest BCUT2D eigenvalue weighted by Gasteiger charge is -2.26. The zero-order valence-corrected chi connectivity index (χ0v) is 9.73. The van der Waals surface area contributed by atoms with E-state index in [9.17, 15) is 14.7 Å². The lowest BCUT2D eigenvalue weighted by Crippen LogP contribution is -2.56. The summed E-state index contributed by atoms with van der Waals surface area (Å²) in [4.78, 5) is 22.0. The average Bonchev–Trinajstić information content (AvgIpc) is 2.27. The molecule has 0 aliphatic carbocycles. The summed E-state index contributed by atoms with van der Waals surface area (Å²) < 4.78 is 4.87. The molecule has 0 radical (unpaired) electrons. The van der Waals surface area contributed by atoms with Crippen LogP contribution in [0, 0.1) is 0 Å². The molecule has 0 unspecified atom stereocenters. The van der Waals surface area contributed by atoms with Crippen molar-refractivity contribution in [2.24, 2.45) is 0 Å². The first-order valence-electron chi connectivity index (χ1n) is 5.12. The van der Waals surface area contributed by atoms with E-state index < -0.39 is 17.6 Å². The molecule has 0 aliphatic rings. The number of ether oxygens (including phenoxy) is 1. The Kier molecular flexibility index (Phi) is 4.09. The lowest BCUT2D eigenvalue weighted by molar-refractivity contribution is -0.312. The predicted octanol–water partition coefficient (Wildman–Crippen LogP) is 0.441. The number of alkyl carbamates (subject to hydrolysis) is 1. The molecule has 1 aromatic rings. The first-order valence-corrected chi connectivity index (χ1v) is 5.12. The fourth-order valence-electron chi connectivity index (χ4n) is 1.07. The maximum absolute atomic E-state index is 11.3. The van der Waals surface area contributed by atoms with E-state index >= 15 is 0 Å². The van der Waals surface area contributed by atoms with Gasteiger partial charge in [0.25, 0.3) is 0 Å². The molecule has 0 heterocycles. The Morgan fingerprint density at radius 1 is 1.29 bits per heavy atom. The smallest absolute Gasteiger partial charge is 0.408 e. The number of rotatable bonds is 4. The monoisotopic (exact) mass is 236 g/mol. The summed E-state index contributed by atoms with van der Waals surface area (Å²) >= 11 is 0. The van der Waals surface area contributed by atoms with Crippen molar-refractivity contribution in [2.75, 3.05) is 0 Å². The molecule has 0 bridgehead atoms. The molecule has 0 saturated carbocycles. The minimum absolute atomic E-state index is 0.0931. The van der Waals surface area contributed by atoms with E-state index in [1.54, 1.807) is 12.1 Å². The lowest BCUT2D eigenvalue weighted by atomic mass is 10.1. The Labute approximate surface area is 99.4 Å². The second kappa shape index (κ2) is 5.34. The Balaban J connectivity index is 2.44. The van der Waals surface area contributed by atoms with Crippen LogP contribution < -0.4 is 10.4 Å². The van der Waals surface area contributed by atoms with Crippen LogP contribution in [-0.2, 0) is 16.1 Å². The highest BCUT2D eigenvalue weighted by molar-refractivity contribution is 5.81. The summed E-state index contributed by atoms with van der Waals surface area (Å²) in [5.74, 6) is -1.37. The Hall–Kier alpha value is -2.04. The van der Waals surface area contributed by atoms with Gasteiger partial charge in [0.1, 0.15) is 6.61 Å². The van der Waals surface area contributed by atoms with E-state index in [0.717, 1.165) is 5.56 Å². The Morgan fingerprint density at radius 2 is 1.88 bits per heavy atom. The number of aliphatic carboxylic acids is 1. The fraction of sp³-hybridized carbons (Fsp3) is 0.333. The van der Waals surface area contributed by atoms with Gasteiger partial charge in [0.05, 0.1) is 11.5 Å². The van der Waals surface area contributed by atoms with E-state index in [1.165, 1.54) is 13.8 Å². The van der Waals surface area contributed by atoms with Gasteiger partial charge in [-0.05, 0) is 19.4 Å². The highest BCUT2D eigenvalue weighted by Gasteiger charge is 2.22. The number of carboxylic acids is 1. The molecule has 0 fully saturated rings. The molecule has 5 heteroatoms. The van der Waals surface area contributed by atoms with Gasteiger partial charge in [0, 0.05) is 0 Å². The molecule has 0 atom stereocenters. The second-order valence-corrected chi connectivity index (χ2v) is 4.10. The van der Waals surface area contributed by atoms with Gasteiger partial charge in [-0.3, -0.25) is 0 Å². The zero-order valence-electron chi connectivity index (χ0n) is 9.73. The van der Waals surface area contributed by atoms with E-state index in [2.05, 4.69) is 5.32 Å². The number of hydrogen-bond acceptors (Lipinski definition) is 4. The minimum atomic E-state index is -1.45. The van der Waals surface area contributed by atoms with Crippen molar-refractivity contribution in [1.29, 1.82) is 0 Å². The molecule has 0 aliphatic heterocycles. The molecule has 1 amide bonds. The molecule has 0 spiro atoms. The third kappa shape index (κ3) is 4.14. The maximum atomic E-state index is 11.3. The molecule has 17 heavy (non-hydrogen) atoms. The molecule has 0 aromatic heterocycles. The van der Waals surface area contributed by atoms with Crippen molar-refractivity contribution in [2.45, 2.75) is 26.0 Å². The number of hydrogen-bond donors (Lipinski definition) is 1. The predicted molar refractivity (Wildman–Crippen MR) is 58.8 cm³/mol. The number of carbonyl (C=O) groups excluding carboxylic acids is 2. The van der Waals surface area contributed by atoms with Crippen LogP contribution in [0.3, 0.4) is 0 Å². The van der Waals surface area contributed by atoms with Gasteiger partial charge in [0.15, 0.2) is 0 Å². The second-order valence-electron chi connectivity index (χ2n) is 4.10. The zero-order chi connectivity index (χ0) is 12.9. The summed E-state index contributed by atoms with van der Waals surface area (Å²) in [6, 6.07) is 9.10. The minimum Gasteiger partial charge on any atom is -0.548 e. The summed E-state index contributed by atoms with van der Waals surface area (Å²) in [6.45, 7) is 2.74. The number of benzene rings is 1. The van der Waals surface area contributed by atoms with Gasteiger partial charge in [-0.25, -0.2) is 4.79 Å². The first kappa shape index (κ1) is 13.0. The van der Waals surface area contributed by atoms with Crippen LogP contribution in [0.4, 0.5) is 4.79 Å². The Bertz CT molecular complexity index is 400. The molecule has 5 nitrogen and oxygen atoms in total. The Morgan fingerprint density at radius 3 is 2.41 bits per heavy atom. The van der Waals surface area contributed by atoms with E-state index in [4.69, 9.17) is 4.74 Å². The van der Waals surface area contributed by atoms with Crippen LogP contribution in [0.2, 0.25) is 0 Å². The summed E-state index contributed by atoms with van der Waals surface area (Å²) in [5, 5.41) is 12.9. The SMILES string of the molecule is CC(C)(NC(=O)OCc1ccccc1)C(=O)[O-]. The van der Waals surface area contributed by atoms with Crippen molar-refractivity contribution < 1.29 is 19.4 Å².